The van der Waals surface area contributed by atoms with E-state index in [1.807, 2.05) is 19.2 Å². The topological polar surface area (TPSA) is 129 Å². The first kappa shape index (κ1) is 16.6. The monoisotopic (exact) mass is 297 g/mol. The number of esters is 1. The maximum Gasteiger partial charge on any atom is 0.360 e. The first-order valence-electron chi connectivity index (χ1n) is 6.53. The first-order chi connectivity index (χ1) is 9.85. The van der Waals surface area contributed by atoms with Crippen molar-refractivity contribution in [3.05, 3.63) is 11.4 Å². The molecular weight excluding hydrogens is 278 g/mol. The molecule has 0 spiro atoms. The van der Waals surface area contributed by atoms with E-state index in [0.717, 1.165) is 0 Å². The molecule has 21 heavy (non-hydrogen) atoms. The van der Waals surface area contributed by atoms with Crippen molar-refractivity contribution in [1.29, 1.82) is 0 Å². The molecular formula is C12H19N5O4. The number of aromatic nitrogens is 3. The highest BCUT2D eigenvalue weighted by molar-refractivity contribution is 5.93. The molecule has 0 saturated carbocycles. The third-order valence-electron chi connectivity index (χ3n) is 2.46. The van der Waals surface area contributed by atoms with E-state index in [2.05, 4.69) is 10.3 Å². The summed E-state index contributed by atoms with van der Waals surface area (Å²) in [4.78, 5) is 34.0. The van der Waals surface area contributed by atoms with Gasteiger partial charge in [0.1, 0.15) is 6.54 Å². The van der Waals surface area contributed by atoms with Crippen LogP contribution in [0.25, 0.3) is 0 Å². The van der Waals surface area contributed by atoms with Gasteiger partial charge in [-0.15, -0.1) is 5.10 Å². The van der Waals surface area contributed by atoms with Gasteiger partial charge in [-0.2, -0.15) is 0 Å². The van der Waals surface area contributed by atoms with Crippen molar-refractivity contribution >= 4 is 17.9 Å². The molecule has 0 atom stereocenters. The molecule has 9 nitrogen and oxygen atoms in total. The Kier molecular flexibility index (Phi) is 5.82. The van der Waals surface area contributed by atoms with Crippen molar-refractivity contribution in [3.8, 4) is 0 Å². The van der Waals surface area contributed by atoms with Gasteiger partial charge in [0, 0.05) is 0 Å². The molecule has 116 valence electrons. The van der Waals surface area contributed by atoms with Crippen molar-refractivity contribution in [3.63, 3.8) is 0 Å². The number of amides is 3. The molecule has 0 aliphatic carbocycles. The van der Waals surface area contributed by atoms with Gasteiger partial charge in [0.15, 0.2) is 5.69 Å². The van der Waals surface area contributed by atoms with Crippen LogP contribution in [0.5, 0.6) is 0 Å². The van der Waals surface area contributed by atoms with Crippen LogP contribution in [0.2, 0.25) is 0 Å². The second kappa shape index (κ2) is 7.36. The van der Waals surface area contributed by atoms with E-state index in [1.165, 1.54) is 4.68 Å². The lowest BCUT2D eigenvalue weighted by Crippen LogP contribution is -2.37. The highest BCUT2D eigenvalue weighted by Crippen LogP contribution is 2.13. The molecule has 9 heteroatoms. The number of nitrogens with zero attached hydrogens (tertiary/aromatic N) is 3. The fourth-order valence-electron chi connectivity index (χ4n) is 1.72. The molecule has 1 heterocycles. The molecule has 0 aliphatic heterocycles. The van der Waals surface area contributed by atoms with E-state index in [4.69, 9.17) is 10.5 Å². The average Bonchev–Trinajstić information content (AvgIpc) is 2.70. The summed E-state index contributed by atoms with van der Waals surface area (Å²) >= 11 is 0. The number of carbonyl (C=O) groups excluding carboxylic acids is 3. The van der Waals surface area contributed by atoms with Crippen LogP contribution in [-0.2, 0) is 22.5 Å². The zero-order valence-corrected chi connectivity index (χ0v) is 12.3. The molecule has 0 bridgehead atoms. The van der Waals surface area contributed by atoms with Crippen molar-refractivity contribution in [1.82, 2.24) is 20.3 Å². The molecule has 1 rings (SSSR count). The van der Waals surface area contributed by atoms with Crippen LogP contribution in [0, 0.1) is 5.92 Å². The largest absolute Gasteiger partial charge is 0.461 e. The lowest BCUT2D eigenvalue weighted by molar-refractivity contribution is -0.120. The minimum atomic E-state index is -0.948. The number of nitrogens with two attached hydrogens (primary N) is 1. The van der Waals surface area contributed by atoms with Crippen LogP contribution in [0.1, 0.15) is 37.0 Å². The van der Waals surface area contributed by atoms with E-state index < -0.39 is 17.9 Å². The summed E-state index contributed by atoms with van der Waals surface area (Å²) in [5, 5.41) is 9.47. The number of nitrogens with one attached hydrogen (secondary N) is 1. The van der Waals surface area contributed by atoms with Crippen LogP contribution in [0.4, 0.5) is 4.79 Å². The predicted octanol–water partition coefficient (Wildman–Crippen LogP) is -0.152. The Hall–Kier alpha value is -2.45. The predicted molar refractivity (Wildman–Crippen MR) is 72.2 cm³/mol. The Labute approximate surface area is 121 Å². The summed E-state index contributed by atoms with van der Waals surface area (Å²) in [5.41, 5.74) is 5.44. The lowest BCUT2D eigenvalue weighted by Gasteiger charge is -2.09. The standard InChI is InChI=1S/C12H19N5O4/c1-4-21-11(19)10-8(5-7(2)3)17(16-15-10)6-9(18)14-12(13)20/h7H,4-6H2,1-3H3,(H3,13,14,18,20). The van der Waals surface area contributed by atoms with Crippen LogP contribution in [-0.4, -0.2) is 39.5 Å². The van der Waals surface area contributed by atoms with Gasteiger partial charge in [-0.1, -0.05) is 19.1 Å². The number of carbonyl (C=O) groups is 3. The SMILES string of the molecule is CCOC(=O)c1nnn(CC(=O)NC(N)=O)c1CC(C)C. The maximum atomic E-state index is 11.8. The number of rotatable bonds is 6. The quantitative estimate of drug-likeness (QED) is 0.702. The number of imide groups is 1. The highest BCUT2D eigenvalue weighted by Gasteiger charge is 2.22. The second-order valence-electron chi connectivity index (χ2n) is 4.77. The average molecular weight is 297 g/mol. The summed E-state index contributed by atoms with van der Waals surface area (Å²) in [5.74, 6) is -1.00. The van der Waals surface area contributed by atoms with Crippen LogP contribution in [0.15, 0.2) is 0 Å². The van der Waals surface area contributed by atoms with Gasteiger partial charge in [0.25, 0.3) is 0 Å². The lowest BCUT2D eigenvalue weighted by atomic mass is 10.1. The van der Waals surface area contributed by atoms with E-state index >= 15 is 0 Å². The van der Waals surface area contributed by atoms with E-state index in [-0.39, 0.29) is 24.8 Å². The smallest absolute Gasteiger partial charge is 0.360 e. The summed E-state index contributed by atoms with van der Waals surface area (Å²) < 4.78 is 6.17. The number of hydrogen-bond donors (Lipinski definition) is 2. The zero-order valence-electron chi connectivity index (χ0n) is 12.3. The van der Waals surface area contributed by atoms with Crippen molar-refractivity contribution in [2.75, 3.05) is 6.61 Å². The maximum absolute atomic E-state index is 11.8. The molecule has 0 radical (unpaired) electrons. The summed E-state index contributed by atoms with van der Waals surface area (Å²) in [7, 11) is 0. The number of primary amides is 1. The number of hydrogen-bond acceptors (Lipinski definition) is 6. The van der Waals surface area contributed by atoms with Crippen LogP contribution >= 0.6 is 0 Å². The van der Waals surface area contributed by atoms with Crippen LogP contribution < -0.4 is 11.1 Å². The van der Waals surface area contributed by atoms with Gasteiger partial charge in [-0.05, 0) is 19.3 Å². The minimum Gasteiger partial charge on any atom is -0.461 e. The fraction of sp³-hybridized carbons (Fsp3) is 0.583. The molecule has 1 aromatic heterocycles. The van der Waals surface area contributed by atoms with Gasteiger partial charge in [-0.3, -0.25) is 10.1 Å². The first-order valence-corrected chi connectivity index (χ1v) is 6.53. The summed E-state index contributed by atoms with van der Waals surface area (Å²) in [6.45, 7) is 5.56. The molecule has 0 saturated heterocycles. The zero-order chi connectivity index (χ0) is 16.0. The fourth-order valence-corrected chi connectivity index (χ4v) is 1.72. The van der Waals surface area contributed by atoms with E-state index in [9.17, 15) is 14.4 Å². The van der Waals surface area contributed by atoms with Crippen molar-refractivity contribution in [2.24, 2.45) is 11.7 Å². The van der Waals surface area contributed by atoms with Crippen LogP contribution in [0.3, 0.4) is 0 Å². The Balaban J connectivity index is 3.00. The molecule has 0 fully saturated rings. The summed E-state index contributed by atoms with van der Waals surface area (Å²) in [6, 6.07) is -0.948. The van der Waals surface area contributed by atoms with Gasteiger partial charge in [0.2, 0.25) is 5.91 Å². The third kappa shape index (κ3) is 4.86. The van der Waals surface area contributed by atoms with Gasteiger partial charge in [-0.25, -0.2) is 14.3 Å². The van der Waals surface area contributed by atoms with Crippen molar-refractivity contribution in [2.45, 2.75) is 33.7 Å². The minimum absolute atomic E-state index is 0.0809. The highest BCUT2D eigenvalue weighted by atomic mass is 16.5. The Morgan fingerprint density at radius 2 is 2.05 bits per heavy atom. The second-order valence-corrected chi connectivity index (χ2v) is 4.77. The van der Waals surface area contributed by atoms with E-state index in [1.54, 1.807) is 6.92 Å². The van der Waals surface area contributed by atoms with Gasteiger partial charge in [0.05, 0.1) is 12.3 Å². The normalized spacial score (nSPS) is 10.5. The Morgan fingerprint density at radius 1 is 1.38 bits per heavy atom. The summed E-state index contributed by atoms with van der Waals surface area (Å²) in [6.07, 6.45) is 0.491. The number of ether oxygens (including phenoxy) is 1. The molecule has 1 aromatic rings. The Morgan fingerprint density at radius 3 is 2.57 bits per heavy atom. The van der Waals surface area contributed by atoms with Gasteiger partial charge >= 0.3 is 12.0 Å². The molecule has 3 amide bonds. The Bertz CT molecular complexity index is 538. The molecule has 0 aliphatic rings. The van der Waals surface area contributed by atoms with E-state index in [0.29, 0.717) is 12.1 Å². The molecule has 3 N–H and O–H groups in total. The number of urea groups is 1. The molecule has 0 aromatic carbocycles. The van der Waals surface area contributed by atoms with Gasteiger partial charge < -0.3 is 10.5 Å². The molecule has 0 unspecified atom stereocenters. The third-order valence-corrected chi connectivity index (χ3v) is 2.46. The van der Waals surface area contributed by atoms with Crippen molar-refractivity contribution < 1.29 is 19.1 Å².